The number of anilines is 1. The molecule has 1 aliphatic heterocycles. The topological polar surface area (TPSA) is 44.1 Å². The molecule has 0 radical (unpaired) electrons. The predicted octanol–water partition coefficient (Wildman–Crippen LogP) is 1.56. The second-order valence-electron chi connectivity index (χ2n) is 3.37. The minimum atomic E-state index is -0.150. The summed E-state index contributed by atoms with van der Waals surface area (Å²) in [4.78, 5) is 13.2. The fraction of sp³-hybridized carbons (Fsp3) is 0.273. The molecule has 0 bridgehead atoms. The highest BCUT2D eigenvalue weighted by Crippen LogP contribution is 2.23. The Morgan fingerprint density at radius 3 is 2.64 bits per heavy atom. The first-order valence-corrected chi connectivity index (χ1v) is 4.56. The lowest BCUT2D eigenvalue weighted by Crippen LogP contribution is -2.24. The SMILES string of the molecule is N#C[C@H]1CC(=O)N(c2ccccc2)C1. The molecule has 1 aromatic rings. The lowest BCUT2D eigenvalue weighted by atomic mass is 10.1. The van der Waals surface area contributed by atoms with Crippen molar-refractivity contribution in [2.45, 2.75) is 6.42 Å². The number of nitrogens with zero attached hydrogens (tertiary/aromatic N) is 2. The van der Waals surface area contributed by atoms with Crippen LogP contribution in [0.4, 0.5) is 5.69 Å². The van der Waals surface area contributed by atoms with Crippen molar-refractivity contribution in [3.8, 4) is 6.07 Å². The molecular weight excluding hydrogens is 176 g/mol. The molecule has 2 rings (SSSR count). The van der Waals surface area contributed by atoms with Crippen molar-refractivity contribution < 1.29 is 4.79 Å². The number of benzene rings is 1. The molecule has 0 aliphatic carbocycles. The van der Waals surface area contributed by atoms with Gasteiger partial charge >= 0.3 is 0 Å². The number of hydrogen-bond acceptors (Lipinski definition) is 2. The Balaban J connectivity index is 2.22. The highest BCUT2D eigenvalue weighted by Gasteiger charge is 2.30. The van der Waals surface area contributed by atoms with Crippen molar-refractivity contribution in [2.24, 2.45) is 5.92 Å². The molecule has 1 aromatic carbocycles. The highest BCUT2D eigenvalue weighted by molar-refractivity contribution is 5.96. The van der Waals surface area contributed by atoms with Gasteiger partial charge in [-0.2, -0.15) is 5.26 Å². The molecule has 0 saturated carbocycles. The largest absolute Gasteiger partial charge is 0.311 e. The molecule has 3 heteroatoms. The minimum Gasteiger partial charge on any atom is -0.311 e. The summed E-state index contributed by atoms with van der Waals surface area (Å²) in [6.45, 7) is 0.527. The van der Waals surface area contributed by atoms with Gasteiger partial charge in [-0.15, -0.1) is 0 Å². The molecule has 0 spiro atoms. The highest BCUT2D eigenvalue weighted by atomic mass is 16.2. The Bertz CT molecular complexity index is 380. The van der Waals surface area contributed by atoms with E-state index >= 15 is 0 Å². The summed E-state index contributed by atoms with van der Waals surface area (Å²) in [7, 11) is 0. The first-order chi connectivity index (χ1) is 6.81. The summed E-state index contributed by atoms with van der Waals surface area (Å²) in [5.41, 5.74) is 0.884. The third kappa shape index (κ3) is 1.47. The summed E-state index contributed by atoms with van der Waals surface area (Å²) in [5.74, 6) is -0.106. The van der Waals surface area contributed by atoms with Crippen LogP contribution in [0, 0.1) is 17.2 Å². The summed E-state index contributed by atoms with van der Waals surface area (Å²) < 4.78 is 0. The van der Waals surface area contributed by atoms with Crippen molar-refractivity contribution in [1.29, 1.82) is 5.26 Å². The van der Waals surface area contributed by atoms with Crippen molar-refractivity contribution >= 4 is 11.6 Å². The van der Waals surface area contributed by atoms with E-state index in [1.54, 1.807) is 4.90 Å². The Morgan fingerprint density at radius 1 is 1.36 bits per heavy atom. The average Bonchev–Trinajstić information content (AvgIpc) is 2.61. The van der Waals surface area contributed by atoms with Gasteiger partial charge in [0.2, 0.25) is 5.91 Å². The minimum absolute atomic E-state index is 0.0442. The molecule has 1 aliphatic rings. The van der Waals surface area contributed by atoms with E-state index in [4.69, 9.17) is 5.26 Å². The number of amides is 1. The van der Waals surface area contributed by atoms with E-state index in [9.17, 15) is 4.79 Å². The molecule has 1 fully saturated rings. The van der Waals surface area contributed by atoms with Crippen LogP contribution in [0.2, 0.25) is 0 Å². The summed E-state index contributed by atoms with van der Waals surface area (Å²) in [6.07, 6.45) is 0.353. The fourth-order valence-corrected chi connectivity index (χ4v) is 1.65. The van der Waals surface area contributed by atoms with Crippen LogP contribution in [0.1, 0.15) is 6.42 Å². The fourth-order valence-electron chi connectivity index (χ4n) is 1.65. The van der Waals surface area contributed by atoms with Crippen LogP contribution in [0.15, 0.2) is 30.3 Å². The van der Waals surface area contributed by atoms with Crippen LogP contribution in [0.3, 0.4) is 0 Å². The van der Waals surface area contributed by atoms with Crippen molar-refractivity contribution in [3.63, 3.8) is 0 Å². The van der Waals surface area contributed by atoms with E-state index in [-0.39, 0.29) is 11.8 Å². The maximum absolute atomic E-state index is 11.5. The number of carbonyl (C=O) groups excluding carboxylic acids is 1. The quantitative estimate of drug-likeness (QED) is 0.668. The van der Waals surface area contributed by atoms with Crippen LogP contribution in [0.5, 0.6) is 0 Å². The van der Waals surface area contributed by atoms with Gasteiger partial charge in [0, 0.05) is 18.7 Å². The van der Waals surface area contributed by atoms with E-state index in [1.807, 2.05) is 30.3 Å². The second-order valence-corrected chi connectivity index (χ2v) is 3.37. The summed E-state index contributed by atoms with van der Waals surface area (Å²) in [5, 5.41) is 8.72. The lowest BCUT2D eigenvalue weighted by molar-refractivity contribution is -0.117. The molecule has 0 aromatic heterocycles. The molecule has 0 N–H and O–H groups in total. The van der Waals surface area contributed by atoms with Gasteiger partial charge in [0.1, 0.15) is 0 Å². The third-order valence-electron chi connectivity index (χ3n) is 2.38. The maximum atomic E-state index is 11.5. The Hall–Kier alpha value is -1.82. The van der Waals surface area contributed by atoms with E-state index < -0.39 is 0 Å². The zero-order valence-corrected chi connectivity index (χ0v) is 7.68. The Labute approximate surface area is 82.6 Å². The predicted molar refractivity (Wildman–Crippen MR) is 52.5 cm³/mol. The lowest BCUT2D eigenvalue weighted by Gasteiger charge is -2.14. The van der Waals surface area contributed by atoms with Gasteiger partial charge in [0.05, 0.1) is 12.0 Å². The molecule has 1 saturated heterocycles. The van der Waals surface area contributed by atoms with Crippen LogP contribution < -0.4 is 4.90 Å². The summed E-state index contributed by atoms with van der Waals surface area (Å²) >= 11 is 0. The van der Waals surface area contributed by atoms with Gasteiger partial charge in [0.25, 0.3) is 0 Å². The van der Waals surface area contributed by atoms with Gasteiger partial charge in [-0.25, -0.2) is 0 Å². The number of nitriles is 1. The van der Waals surface area contributed by atoms with Crippen LogP contribution in [-0.4, -0.2) is 12.5 Å². The van der Waals surface area contributed by atoms with Crippen molar-refractivity contribution in [2.75, 3.05) is 11.4 Å². The zero-order chi connectivity index (χ0) is 9.97. The normalized spacial score (nSPS) is 20.9. The molecule has 1 heterocycles. The molecule has 1 atom stereocenters. The van der Waals surface area contributed by atoms with Crippen LogP contribution in [-0.2, 0) is 4.79 Å². The number of rotatable bonds is 1. The van der Waals surface area contributed by atoms with E-state index in [1.165, 1.54) is 0 Å². The zero-order valence-electron chi connectivity index (χ0n) is 7.68. The van der Waals surface area contributed by atoms with Gasteiger partial charge in [-0.1, -0.05) is 18.2 Å². The second kappa shape index (κ2) is 3.51. The van der Waals surface area contributed by atoms with Crippen molar-refractivity contribution in [1.82, 2.24) is 0 Å². The summed E-state index contributed by atoms with van der Waals surface area (Å²) in [6, 6.07) is 11.6. The Morgan fingerprint density at radius 2 is 2.07 bits per heavy atom. The van der Waals surface area contributed by atoms with Gasteiger partial charge in [0.15, 0.2) is 0 Å². The van der Waals surface area contributed by atoms with Crippen LogP contribution in [0.25, 0.3) is 0 Å². The molecule has 3 nitrogen and oxygen atoms in total. The van der Waals surface area contributed by atoms with Crippen LogP contribution >= 0.6 is 0 Å². The number of para-hydroxylation sites is 1. The Kier molecular flexibility index (Phi) is 2.19. The monoisotopic (exact) mass is 186 g/mol. The molecule has 1 amide bonds. The third-order valence-corrected chi connectivity index (χ3v) is 2.38. The van der Waals surface area contributed by atoms with Gasteiger partial charge in [-0.05, 0) is 12.1 Å². The van der Waals surface area contributed by atoms with E-state index in [0.29, 0.717) is 13.0 Å². The molecule has 0 unspecified atom stereocenters. The standard InChI is InChI=1S/C11H10N2O/c12-7-9-6-11(14)13(8-9)10-4-2-1-3-5-10/h1-5,9H,6,8H2/t9-/m1/s1. The number of hydrogen-bond donors (Lipinski definition) is 0. The average molecular weight is 186 g/mol. The molecular formula is C11H10N2O. The van der Waals surface area contributed by atoms with Gasteiger partial charge in [-0.3, -0.25) is 4.79 Å². The molecule has 70 valence electrons. The maximum Gasteiger partial charge on any atom is 0.228 e. The first kappa shape index (κ1) is 8.76. The van der Waals surface area contributed by atoms with Crippen molar-refractivity contribution in [3.05, 3.63) is 30.3 Å². The molecule has 14 heavy (non-hydrogen) atoms. The van der Waals surface area contributed by atoms with E-state index in [2.05, 4.69) is 6.07 Å². The first-order valence-electron chi connectivity index (χ1n) is 4.56. The van der Waals surface area contributed by atoms with Gasteiger partial charge < -0.3 is 4.90 Å². The smallest absolute Gasteiger partial charge is 0.228 e. The van der Waals surface area contributed by atoms with E-state index in [0.717, 1.165) is 5.69 Å². The number of carbonyl (C=O) groups is 1.